The molecule has 0 spiro atoms. The second kappa shape index (κ2) is 14.0. The maximum Gasteiger partial charge on any atom is 0.164 e. The summed E-state index contributed by atoms with van der Waals surface area (Å²) in [6.07, 6.45) is 0. The van der Waals surface area contributed by atoms with Gasteiger partial charge in [0.2, 0.25) is 0 Å². The molecule has 4 heterocycles. The summed E-state index contributed by atoms with van der Waals surface area (Å²) in [7, 11) is 0. The molecule has 0 saturated heterocycles. The molecule has 13 aromatic rings. The van der Waals surface area contributed by atoms with Crippen LogP contribution in [0.15, 0.2) is 215 Å². The fraction of sp³-hybridized carbons (Fsp3) is 0. The standard InChI is InChI=1S/C57H34N4O2/c1-2-15-35(16-3-1)36-17-14-18-37(31-36)55-58-56(38-29-30-45-43-22-8-12-27-51(43)62-53(45)32-38)60-57(59-55)46-24-5-4-19-40(46)47-33-39(34-48-44-23-9-13-28-52(44)63-54(47)48)61-49-25-10-6-20-41(49)42-21-7-11-26-50(42)61/h1-34H. The van der Waals surface area contributed by atoms with Crippen LogP contribution in [0.4, 0.5) is 0 Å². The van der Waals surface area contributed by atoms with E-state index in [1.165, 1.54) is 10.8 Å². The van der Waals surface area contributed by atoms with Gasteiger partial charge < -0.3 is 13.4 Å². The smallest absolute Gasteiger partial charge is 0.164 e. The molecule has 0 radical (unpaired) electrons. The third kappa shape index (κ3) is 5.69. The third-order valence-corrected chi connectivity index (χ3v) is 12.3. The Morgan fingerprint density at radius 1 is 0.302 bits per heavy atom. The zero-order chi connectivity index (χ0) is 41.4. The Morgan fingerprint density at radius 2 is 0.841 bits per heavy atom. The van der Waals surface area contributed by atoms with Crippen molar-refractivity contribution in [3.05, 3.63) is 206 Å². The van der Waals surface area contributed by atoms with Crippen LogP contribution in [-0.2, 0) is 0 Å². The van der Waals surface area contributed by atoms with Crippen molar-refractivity contribution >= 4 is 65.7 Å². The Kier molecular flexibility index (Phi) is 7.80. The first-order valence-corrected chi connectivity index (χ1v) is 21.1. The quantitative estimate of drug-likeness (QED) is 0.167. The van der Waals surface area contributed by atoms with E-state index < -0.39 is 0 Å². The summed E-state index contributed by atoms with van der Waals surface area (Å²) < 4.78 is 15.5. The fourth-order valence-corrected chi connectivity index (χ4v) is 9.34. The van der Waals surface area contributed by atoms with Crippen LogP contribution in [-0.4, -0.2) is 19.5 Å². The summed E-state index contributed by atoms with van der Waals surface area (Å²) >= 11 is 0. The first-order chi connectivity index (χ1) is 31.2. The highest BCUT2D eigenvalue weighted by atomic mass is 16.3. The highest BCUT2D eigenvalue weighted by Crippen LogP contribution is 2.43. The molecule has 0 atom stereocenters. The van der Waals surface area contributed by atoms with Crippen LogP contribution in [0.5, 0.6) is 0 Å². The van der Waals surface area contributed by atoms with E-state index in [0.717, 1.165) is 99.5 Å². The van der Waals surface area contributed by atoms with Gasteiger partial charge in [-0.2, -0.15) is 0 Å². The zero-order valence-electron chi connectivity index (χ0n) is 33.7. The molecule has 4 aromatic heterocycles. The van der Waals surface area contributed by atoms with Crippen molar-refractivity contribution in [3.63, 3.8) is 0 Å². The van der Waals surface area contributed by atoms with Crippen LogP contribution in [0.3, 0.4) is 0 Å². The number of para-hydroxylation sites is 4. The molecule has 6 nitrogen and oxygen atoms in total. The van der Waals surface area contributed by atoms with Crippen LogP contribution in [0.25, 0.3) is 128 Å². The monoisotopic (exact) mass is 806 g/mol. The Labute approximate surface area is 361 Å². The Bertz CT molecular complexity index is 3880. The lowest BCUT2D eigenvalue weighted by molar-refractivity contribution is 0.669. The van der Waals surface area contributed by atoms with Crippen LogP contribution in [0.2, 0.25) is 0 Å². The van der Waals surface area contributed by atoms with Crippen molar-refractivity contribution in [1.82, 2.24) is 19.5 Å². The van der Waals surface area contributed by atoms with Crippen LogP contribution in [0.1, 0.15) is 0 Å². The normalized spacial score (nSPS) is 11.8. The molecule has 294 valence electrons. The van der Waals surface area contributed by atoms with E-state index in [9.17, 15) is 0 Å². The lowest BCUT2D eigenvalue weighted by atomic mass is 9.96. The number of benzene rings is 9. The minimum absolute atomic E-state index is 0.546. The lowest BCUT2D eigenvalue weighted by Gasteiger charge is -2.15. The summed E-state index contributed by atoms with van der Waals surface area (Å²) in [5.74, 6) is 1.66. The number of fused-ring (bicyclic) bond motifs is 9. The van der Waals surface area contributed by atoms with Crippen molar-refractivity contribution in [1.29, 1.82) is 0 Å². The molecule has 6 heteroatoms. The average Bonchev–Trinajstić information content (AvgIpc) is 4.03. The first kappa shape index (κ1) is 35.2. The summed E-state index contributed by atoms with van der Waals surface area (Å²) in [6, 6.07) is 71.5. The lowest BCUT2D eigenvalue weighted by Crippen LogP contribution is -2.01. The van der Waals surface area contributed by atoms with Crippen molar-refractivity contribution in [2.75, 3.05) is 0 Å². The van der Waals surface area contributed by atoms with Gasteiger partial charge in [-0.1, -0.05) is 152 Å². The predicted octanol–water partition coefficient (Wildman–Crippen LogP) is 15.1. The molecule has 0 unspecified atom stereocenters. The molecule has 0 aliphatic rings. The van der Waals surface area contributed by atoms with Gasteiger partial charge in [0.15, 0.2) is 17.5 Å². The van der Waals surface area contributed by atoms with Gasteiger partial charge in [0, 0.05) is 60.3 Å². The maximum atomic E-state index is 6.81. The second-order valence-electron chi connectivity index (χ2n) is 15.9. The molecule has 9 aromatic carbocycles. The van der Waals surface area contributed by atoms with Crippen LogP contribution in [0, 0.1) is 0 Å². The summed E-state index contributed by atoms with van der Waals surface area (Å²) in [5, 5.41) is 6.61. The van der Waals surface area contributed by atoms with Crippen LogP contribution >= 0.6 is 0 Å². The maximum absolute atomic E-state index is 6.81. The molecule has 0 saturated carbocycles. The van der Waals surface area contributed by atoms with Gasteiger partial charge in [0.25, 0.3) is 0 Å². The summed E-state index contributed by atoms with van der Waals surface area (Å²) in [4.78, 5) is 15.8. The van der Waals surface area contributed by atoms with E-state index in [4.69, 9.17) is 23.8 Å². The largest absolute Gasteiger partial charge is 0.456 e. The molecule has 0 aliphatic carbocycles. The van der Waals surface area contributed by atoms with Gasteiger partial charge in [-0.3, -0.25) is 0 Å². The minimum atomic E-state index is 0.546. The average molecular weight is 807 g/mol. The van der Waals surface area contributed by atoms with Crippen molar-refractivity contribution in [2.45, 2.75) is 0 Å². The Balaban J connectivity index is 1.06. The van der Waals surface area contributed by atoms with E-state index in [0.29, 0.717) is 17.5 Å². The van der Waals surface area contributed by atoms with E-state index in [2.05, 4.69) is 162 Å². The second-order valence-corrected chi connectivity index (χ2v) is 15.9. The highest BCUT2D eigenvalue weighted by Gasteiger charge is 2.22. The molecule has 13 rings (SSSR count). The topological polar surface area (TPSA) is 69.9 Å². The van der Waals surface area contributed by atoms with Gasteiger partial charge in [0.05, 0.1) is 11.0 Å². The molecule has 0 fully saturated rings. The minimum Gasteiger partial charge on any atom is -0.456 e. The summed E-state index contributed by atoms with van der Waals surface area (Å²) in [5.41, 5.74) is 13.2. The predicted molar refractivity (Wildman–Crippen MR) is 256 cm³/mol. The van der Waals surface area contributed by atoms with Crippen molar-refractivity contribution in [3.8, 4) is 62.1 Å². The highest BCUT2D eigenvalue weighted by molar-refractivity contribution is 6.14. The van der Waals surface area contributed by atoms with Gasteiger partial charge in [-0.15, -0.1) is 0 Å². The number of furan rings is 2. The molecular formula is C57H34N4O2. The van der Waals surface area contributed by atoms with Gasteiger partial charge in [0.1, 0.15) is 22.3 Å². The molecule has 0 aliphatic heterocycles. The number of aromatic nitrogens is 4. The number of nitrogens with zero attached hydrogens (tertiary/aromatic N) is 4. The molecule has 0 bridgehead atoms. The van der Waals surface area contributed by atoms with E-state index in [1.54, 1.807) is 0 Å². The first-order valence-electron chi connectivity index (χ1n) is 21.1. The van der Waals surface area contributed by atoms with E-state index >= 15 is 0 Å². The van der Waals surface area contributed by atoms with Crippen molar-refractivity contribution < 1.29 is 8.83 Å². The van der Waals surface area contributed by atoms with Crippen molar-refractivity contribution in [2.24, 2.45) is 0 Å². The molecule has 0 N–H and O–H groups in total. The zero-order valence-corrected chi connectivity index (χ0v) is 33.7. The fourth-order valence-electron chi connectivity index (χ4n) is 9.34. The van der Waals surface area contributed by atoms with E-state index in [-0.39, 0.29) is 0 Å². The molecule has 63 heavy (non-hydrogen) atoms. The number of hydrogen-bond donors (Lipinski definition) is 0. The number of rotatable bonds is 6. The Hall–Kier alpha value is -8.61. The van der Waals surface area contributed by atoms with Gasteiger partial charge >= 0.3 is 0 Å². The van der Waals surface area contributed by atoms with E-state index in [1.807, 2.05) is 48.5 Å². The van der Waals surface area contributed by atoms with Gasteiger partial charge in [-0.25, -0.2) is 15.0 Å². The molecule has 0 amide bonds. The Morgan fingerprint density at radius 3 is 1.59 bits per heavy atom. The molecular weight excluding hydrogens is 773 g/mol. The van der Waals surface area contributed by atoms with Crippen LogP contribution < -0.4 is 0 Å². The third-order valence-electron chi connectivity index (χ3n) is 12.3. The summed E-state index contributed by atoms with van der Waals surface area (Å²) in [6.45, 7) is 0. The SMILES string of the molecule is c1ccc(-c2cccc(-c3nc(-c4ccc5c(c4)oc4ccccc45)nc(-c4ccccc4-c4cc(-n5c6ccccc6c6ccccc65)cc5c4oc4ccccc45)n3)c2)cc1. The number of hydrogen-bond acceptors (Lipinski definition) is 5. The van der Waals surface area contributed by atoms with Gasteiger partial charge in [-0.05, 0) is 71.3 Å².